The van der Waals surface area contributed by atoms with Crippen molar-refractivity contribution in [1.82, 2.24) is 0 Å². The lowest BCUT2D eigenvalue weighted by Gasteiger charge is -2.12. The van der Waals surface area contributed by atoms with Crippen molar-refractivity contribution >= 4 is 23.3 Å². The quantitative estimate of drug-likeness (QED) is 0.468. The van der Waals surface area contributed by atoms with E-state index in [4.69, 9.17) is 9.84 Å². The molecule has 1 N–H and O–H groups in total. The number of carboxylic acid groups (broad SMARTS) is 1. The average molecular weight is 405 g/mol. The van der Waals surface area contributed by atoms with Crippen molar-refractivity contribution in [2.75, 3.05) is 12.4 Å². The number of thioether (sulfide) groups is 1. The van der Waals surface area contributed by atoms with Gasteiger partial charge in [-0.15, -0.1) is 11.8 Å². The molecule has 3 nitrogen and oxygen atoms in total. The highest BCUT2D eigenvalue weighted by molar-refractivity contribution is 7.99. The van der Waals surface area contributed by atoms with E-state index >= 15 is 0 Å². The first kappa shape index (κ1) is 20.7. The first-order valence-electron chi connectivity index (χ1n) is 9.44. The number of aliphatic carboxylic acids is 1. The summed E-state index contributed by atoms with van der Waals surface area (Å²) >= 11 is 1.76. The molecule has 0 aliphatic rings. The molecule has 0 aromatic heterocycles. The van der Waals surface area contributed by atoms with Crippen LogP contribution in [0.15, 0.2) is 83.8 Å². The highest BCUT2D eigenvalue weighted by Gasteiger charge is 2.08. The summed E-state index contributed by atoms with van der Waals surface area (Å²) in [6.07, 6.45) is 2.27. The molecule has 0 amide bonds. The van der Waals surface area contributed by atoms with Crippen LogP contribution in [0, 0.1) is 13.8 Å². The fraction of sp³-hybridized carbons (Fsp3) is 0.160. The van der Waals surface area contributed by atoms with Crippen molar-refractivity contribution in [3.05, 3.63) is 101 Å². The number of hydrogen-bond acceptors (Lipinski definition) is 3. The Hall–Kier alpha value is -2.98. The Balaban J connectivity index is 1.78. The highest BCUT2D eigenvalue weighted by Crippen LogP contribution is 2.30. The molecule has 0 atom stereocenters. The van der Waals surface area contributed by atoms with E-state index in [2.05, 4.69) is 61.5 Å². The fourth-order valence-electron chi connectivity index (χ4n) is 3.11. The maximum absolute atomic E-state index is 10.7. The number of ether oxygens (including phenoxy) is 1. The van der Waals surface area contributed by atoms with Crippen LogP contribution >= 0.6 is 11.8 Å². The standard InChI is InChI=1S/C25H24O3S/c1-18-8-6-7-11-22(18)23(20-9-4-3-5-10-20)14-15-29-24-13-12-21(16-19(24)2)28-17-25(26)27/h3-14,16H,15,17H2,1-2H3,(H,26,27)/b23-14-. The van der Waals surface area contributed by atoms with Crippen LogP contribution in [-0.4, -0.2) is 23.4 Å². The maximum atomic E-state index is 10.7. The molecule has 148 valence electrons. The van der Waals surface area contributed by atoms with Crippen molar-refractivity contribution < 1.29 is 14.6 Å². The molecule has 4 heteroatoms. The minimum absolute atomic E-state index is 0.328. The zero-order chi connectivity index (χ0) is 20.6. The van der Waals surface area contributed by atoms with Crippen LogP contribution in [0.1, 0.15) is 22.3 Å². The lowest BCUT2D eigenvalue weighted by molar-refractivity contribution is -0.139. The normalized spacial score (nSPS) is 11.3. The van der Waals surface area contributed by atoms with E-state index in [1.807, 2.05) is 31.2 Å². The molecular formula is C25H24O3S. The van der Waals surface area contributed by atoms with Crippen LogP contribution in [0.25, 0.3) is 5.57 Å². The van der Waals surface area contributed by atoms with Gasteiger partial charge in [-0.05, 0) is 59.9 Å². The van der Waals surface area contributed by atoms with E-state index in [1.54, 1.807) is 11.8 Å². The summed E-state index contributed by atoms with van der Waals surface area (Å²) in [6.45, 7) is 3.82. The topological polar surface area (TPSA) is 46.5 Å². The molecular weight excluding hydrogens is 380 g/mol. The zero-order valence-electron chi connectivity index (χ0n) is 16.6. The fourth-order valence-corrected chi connectivity index (χ4v) is 3.99. The SMILES string of the molecule is Cc1cc(OCC(=O)O)ccc1SC/C=C(/c1ccccc1)c1ccccc1C. The van der Waals surface area contributed by atoms with Crippen LogP contribution < -0.4 is 4.74 Å². The van der Waals surface area contributed by atoms with Gasteiger partial charge in [0.15, 0.2) is 6.61 Å². The van der Waals surface area contributed by atoms with Crippen LogP contribution in [0.2, 0.25) is 0 Å². The predicted octanol–water partition coefficient (Wildman–Crippen LogP) is 5.99. The van der Waals surface area contributed by atoms with Crippen molar-refractivity contribution in [3.63, 3.8) is 0 Å². The van der Waals surface area contributed by atoms with E-state index in [1.165, 1.54) is 22.3 Å². The Morgan fingerprint density at radius 2 is 1.69 bits per heavy atom. The molecule has 0 heterocycles. The molecule has 0 radical (unpaired) electrons. The highest BCUT2D eigenvalue weighted by atomic mass is 32.2. The summed E-state index contributed by atoms with van der Waals surface area (Å²) in [6, 6.07) is 24.6. The third-order valence-corrected chi connectivity index (χ3v) is 5.66. The Labute approximate surface area is 176 Å². The van der Waals surface area contributed by atoms with Gasteiger partial charge in [-0.25, -0.2) is 4.79 Å². The van der Waals surface area contributed by atoms with Crippen LogP contribution in [0.5, 0.6) is 5.75 Å². The monoisotopic (exact) mass is 404 g/mol. The number of hydrogen-bond donors (Lipinski definition) is 1. The molecule has 0 fully saturated rings. The largest absolute Gasteiger partial charge is 0.482 e. The molecule has 3 aromatic rings. The summed E-state index contributed by atoms with van der Waals surface area (Å²) in [5.41, 5.74) is 6.01. The van der Waals surface area contributed by atoms with E-state index in [0.29, 0.717) is 5.75 Å². The van der Waals surface area contributed by atoms with Gasteiger partial charge < -0.3 is 9.84 Å². The zero-order valence-corrected chi connectivity index (χ0v) is 17.4. The number of carboxylic acids is 1. The Morgan fingerprint density at radius 3 is 2.38 bits per heavy atom. The van der Waals surface area contributed by atoms with Gasteiger partial charge in [0.05, 0.1) is 0 Å². The second kappa shape index (κ2) is 9.99. The van der Waals surface area contributed by atoms with Crippen LogP contribution in [0.3, 0.4) is 0 Å². The Bertz CT molecular complexity index is 1010. The van der Waals surface area contributed by atoms with Gasteiger partial charge in [0.25, 0.3) is 0 Å². The molecule has 0 spiro atoms. The van der Waals surface area contributed by atoms with E-state index in [0.717, 1.165) is 16.2 Å². The van der Waals surface area contributed by atoms with Crippen molar-refractivity contribution in [2.45, 2.75) is 18.7 Å². The second-order valence-electron chi connectivity index (χ2n) is 6.72. The average Bonchev–Trinajstić information content (AvgIpc) is 2.72. The summed E-state index contributed by atoms with van der Waals surface area (Å²) in [4.78, 5) is 11.8. The molecule has 0 aliphatic heterocycles. The number of benzene rings is 3. The van der Waals surface area contributed by atoms with E-state index < -0.39 is 5.97 Å². The van der Waals surface area contributed by atoms with Gasteiger partial charge in [0.2, 0.25) is 0 Å². The van der Waals surface area contributed by atoms with Crippen LogP contribution in [-0.2, 0) is 4.79 Å². The first-order chi connectivity index (χ1) is 14.0. The number of carbonyl (C=O) groups is 1. The lowest BCUT2D eigenvalue weighted by Crippen LogP contribution is -2.09. The lowest BCUT2D eigenvalue weighted by atomic mass is 9.94. The van der Waals surface area contributed by atoms with Gasteiger partial charge in [-0.1, -0.05) is 60.7 Å². The summed E-state index contributed by atoms with van der Waals surface area (Å²) in [7, 11) is 0. The summed E-state index contributed by atoms with van der Waals surface area (Å²) < 4.78 is 5.25. The summed E-state index contributed by atoms with van der Waals surface area (Å²) in [5, 5.41) is 8.74. The Morgan fingerprint density at radius 1 is 0.966 bits per heavy atom. The molecule has 3 aromatic carbocycles. The summed E-state index contributed by atoms with van der Waals surface area (Å²) in [5.74, 6) is 0.430. The van der Waals surface area contributed by atoms with Gasteiger partial charge in [0, 0.05) is 10.6 Å². The smallest absolute Gasteiger partial charge is 0.341 e. The van der Waals surface area contributed by atoms with E-state index in [-0.39, 0.29) is 6.61 Å². The predicted molar refractivity (Wildman–Crippen MR) is 120 cm³/mol. The van der Waals surface area contributed by atoms with Gasteiger partial charge >= 0.3 is 5.97 Å². The third-order valence-electron chi connectivity index (χ3n) is 4.56. The van der Waals surface area contributed by atoms with Crippen molar-refractivity contribution in [3.8, 4) is 5.75 Å². The first-order valence-corrected chi connectivity index (χ1v) is 10.4. The molecule has 0 saturated heterocycles. The van der Waals surface area contributed by atoms with E-state index in [9.17, 15) is 4.79 Å². The van der Waals surface area contributed by atoms with Gasteiger partial charge in [-0.2, -0.15) is 0 Å². The molecule has 29 heavy (non-hydrogen) atoms. The maximum Gasteiger partial charge on any atom is 0.341 e. The second-order valence-corrected chi connectivity index (χ2v) is 7.78. The minimum Gasteiger partial charge on any atom is -0.482 e. The van der Waals surface area contributed by atoms with Crippen molar-refractivity contribution in [1.29, 1.82) is 0 Å². The van der Waals surface area contributed by atoms with Gasteiger partial charge in [0.1, 0.15) is 5.75 Å². The Kier molecular flexibility index (Phi) is 7.14. The van der Waals surface area contributed by atoms with Gasteiger partial charge in [-0.3, -0.25) is 0 Å². The molecule has 3 rings (SSSR count). The third kappa shape index (κ3) is 5.75. The minimum atomic E-state index is -0.976. The molecule has 0 aliphatic carbocycles. The van der Waals surface area contributed by atoms with Crippen LogP contribution in [0.4, 0.5) is 0 Å². The number of rotatable bonds is 8. The molecule has 0 unspecified atom stereocenters. The molecule has 0 saturated carbocycles. The number of aryl methyl sites for hydroxylation is 2. The molecule has 0 bridgehead atoms. The van der Waals surface area contributed by atoms with Crippen molar-refractivity contribution in [2.24, 2.45) is 0 Å².